The van der Waals surface area contributed by atoms with Crippen LogP contribution in [0.4, 0.5) is 0 Å². The number of hydrogen-bond acceptors (Lipinski definition) is 6. The van der Waals surface area contributed by atoms with Gasteiger partial charge in [0.25, 0.3) is 0 Å². The van der Waals surface area contributed by atoms with Crippen LogP contribution < -0.4 is 14.2 Å². The summed E-state index contributed by atoms with van der Waals surface area (Å²) >= 11 is 1.59. The van der Waals surface area contributed by atoms with Gasteiger partial charge in [-0.1, -0.05) is 19.4 Å². The highest BCUT2D eigenvalue weighted by Crippen LogP contribution is 2.37. The SMILES string of the molecule is CCCc1cc(-c2nc(OC(C)C)cs2)ccc1OCCCOc1ccc2c(c1)CC[C@H]2CC(=O)O. The van der Waals surface area contributed by atoms with Crippen LogP contribution in [0, 0.1) is 0 Å². The molecule has 2 aromatic carbocycles. The maximum Gasteiger partial charge on any atom is 0.303 e. The van der Waals surface area contributed by atoms with Crippen LogP contribution >= 0.6 is 11.3 Å². The number of carbonyl (C=O) groups is 1. The van der Waals surface area contributed by atoms with E-state index in [1.807, 2.05) is 37.4 Å². The molecule has 0 fully saturated rings. The van der Waals surface area contributed by atoms with Crippen LogP contribution in [-0.2, 0) is 17.6 Å². The molecule has 0 saturated heterocycles. The van der Waals surface area contributed by atoms with Crippen LogP contribution in [0.25, 0.3) is 10.6 Å². The molecule has 1 aliphatic rings. The summed E-state index contributed by atoms with van der Waals surface area (Å²) in [6, 6.07) is 12.3. The number of carboxylic acid groups (broad SMARTS) is 1. The van der Waals surface area contributed by atoms with Crippen molar-refractivity contribution in [1.29, 1.82) is 0 Å². The van der Waals surface area contributed by atoms with Gasteiger partial charge in [-0.05, 0) is 86.1 Å². The third-order valence-electron chi connectivity index (χ3n) is 6.22. The zero-order chi connectivity index (χ0) is 25.5. The molecular formula is C29H35NO5S. The van der Waals surface area contributed by atoms with Gasteiger partial charge in [-0.15, -0.1) is 11.3 Å². The molecule has 1 N–H and O–H groups in total. The zero-order valence-electron chi connectivity index (χ0n) is 21.3. The van der Waals surface area contributed by atoms with Gasteiger partial charge in [0.05, 0.1) is 31.1 Å². The average Bonchev–Trinajstić information content (AvgIpc) is 3.46. The van der Waals surface area contributed by atoms with Crippen molar-refractivity contribution >= 4 is 17.3 Å². The van der Waals surface area contributed by atoms with Crippen LogP contribution in [0.1, 0.15) is 69.1 Å². The molecule has 0 amide bonds. The Labute approximate surface area is 217 Å². The number of benzene rings is 2. The molecule has 1 aromatic heterocycles. The topological polar surface area (TPSA) is 77.9 Å². The average molecular weight is 510 g/mol. The van der Waals surface area contributed by atoms with Gasteiger partial charge < -0.3 is 19.3 Å². The highest BCUT2D eigenvalue weighted by atomic mass is 32.1. The molecule has 192 valence electrons. The molecule has 0 unspecified atom stereocenters. The molecule has 0 bridgehead atoms. The number of carboxylic acids is 1. The quantitative estimate of drug-likeness (QED) is 0.253. The van der Waals surface area contributed by atoms with Crippen molar-refractivity contribution in [3.63, 3.8) is 0 Å². The van der Waals surface area contributed by atoms with E-state index >= 15 is 0 Å². The summed E-state index contributed by atoms with van der Waals surface area (Å²) < 4.78 is 17.8. The van der Waals surface area contributed by atoms with E-state index in [4.69, 9.17) is 19.3 Å². The van der Waals surface area contributed by atoms with Gasteiger partial charge in [-0.2, -0.15) is 0 Å². The molecule has 0 saturated carbocycles. The van der Waals surface area contributed by atoms with Crippen molar-refractivity contribution in [3.8, 4) is 28.0 Å². The van der Waals surface area contributed by atoms with E-state index in [-0.39, 0.29) is 18.4 Å². The lowest BCUT2D eigenvalue weighted by molar-refractivity contribution is -0.137. The van der Waals surface area contributed by atoms with Crippen LogP contribution in [0.3, 0.4) is 0 Å². The van der Waals surface area contributed by atoms with Crippen molar-refractivity contribution in [2.75, 3.05) is 13.2 Å². The second-order valence-electron chi connectivity index (χ2n) is 9.47. The maximum atomic E-state index is 11.1. The molecular weight excluding hydrogens is 474 g/mol. The standard InChI is InChI=1S/C29H35NO5S/c1-4-6-22-15-23(29-30-27(18-36-29)35-19(2)3)9-12-26(22)34-14-5-13-33-24-10-11-25-20(16-24)7-8-21(25)17-28(31)32/h9-12,15-16,18-19,21H,4-8,13-14,17H2,1-3H3,(H,31,32)/t21-/m0/s1. The lowest BCUT2D eigenvalue weighted by Gasteiger charge is -2.13. The minimum atomic E-state index is -0.738. The Morgan fingerprint density at radius 3 is 2.78 bits per heavy atom. The van der Waals surface area contributed by atoms with Crippen molar-refractivity contribution in [2.24, 2.45) is 0 Å². The maximum absolute atomic E-state index is 11.1. The molecule has 0 aliphatic heterocycles. The molecule has 6 nitrogen and oxygen atoms in total. The molecule has 0 radical (unpaired) electrons. The van der Waals surface area contributed by atoms with Gasteiger partial charge in [0.2, 0.25) is 5.88 Å². The van der Waals surface area contributed by atoms with Gasteiger partial charge in [0.1, 0.15) is 16.5 Å². The number of nitrogens with zero attached hydrogens (tertiary/aromatic N) is 1. The monoisotopic (exact) mass is 509 g/mol. The van der Waals surface area contributed by atoms with Crippen LogP contribution in [-0.4, -0.2) is 35.4 Å². The number of aromatic nitrogens is 1. The van der Waals surface area contributed by atoms with Gasteiger partial charge >= 0.3 is 5.97 Å². The number of hydrogen-bond donors (Lipinski definition) is 1. The predicted octanol–water partition coefficient (Wildman–Crippen LogP) is 6.90. The first-order valence-corrected chi connectivity index (χ1v) is 13.7. The van der Waals surface area contributed by atoms with Crippen LogP contribution in [0.15, 0.2) is 41.8 Å². The molecule has 7 heteroatoms. The minimum absolute atomic E-state index is 0.106. The normalized spacial score (nSPS) is 14.6. The van der Waals surface area contributed by atoms with E-state index in [1.165, 1.54) is 11.1 Å². The number of fused-ring (bicyclic) bond motifs is 1. The van der Waals surface area contributed by atoms with Crippen molar-refractivity contribution in [3.05, 3.63) is 58.5 Å². The Bertz CT molecular complexity index is 1170. The lowest BCUT2D eigenvalue weighted by atomic mass is 9.98. The van der Waals surface area contributed by atoms with Gasteiger partial charge in [0.15, 0.2) is 0 Å². The third kappa shape index (κ3) is 6.78. The van der Waals surface area contributed by atoms with E-state index < -0.39 is 5.97 Å². The Morgan fingerprint density at radius 2 is 2.00 bits per heavy atom. The van der Waals surface area contributed by atoms with Crippen molar-refractivity contribution in [2.45, 2.75) is 71.3 Å². The third-order valence-corrected chi connectivity index (χ3v) is 7.09. The van der Waals surface area contributed by atoms with Crippen LogP contribution in [0.2, 0.25) is 0 Å². The fraction of sp³-hybridized carbons (Fsp3) is 0.448. The smallest absolute Gasteiger partial charge is 0.303 e. The molecule has 4 rings (SSSR count). The Kier molecular flexibility index (Phi) is 8.86. The van der Waals surface area contributed by atoms with Gasteiger partial charge in [-0.3, -0.25) is 4.79 Å². The number of ether oxygens (including phenoxy) is 3. The number of rotatable bonds is 13. The molecule has 1 aliphatic carbocycles. The Balaban J connectivity index is 1.29. The van der Waals surface area contributed by atoms with Gasteiger partial charge in [0, 0.05) is 12.0 Å². The summed E-state index contributed by atoms with van der Waals surface area (Å²) in [4.78, 5) is 15.7. The van der Waals surface area contributed by atoms with E-state index in [9.17, 15) is 4.79 Å². The minimum Gasteiger partial charge on any atom is -0.493 e. The zero-order valence-corrected chi connectivity index (χ0v) is 22.1. The lowest BCUT2D eigenvalue weighted by Crippen LogP contribution is -2.07. The summed E-state index contributed by atoms with van der Waals surface area (Å²) in [6.45, 7) is 7.31. The van der Waals surface area contributed by atoms with E-state index in [2.05, 4.69) is 30.1 Å². The molecule has 3 aromatic rings. The Hall–Kier alpha value is -3.06. The second kappa shape index (κ2) is 12.3. The van der Waals surface area contributed by atoms with Crippen molar-refractivity contribution < 1.29 is 24.1 Å². The first-order chi connectivity index (χ1) is 17.4. The summed E-state index contributed by atoms with van der Waals surface area (Å²) in [6.07, 6.45) is 4.86. The molecule has 0 spiro atoms. The molecule has 1 heterocycles. The Morgan fingerprint density at radius 1 is 1.17 bits per heavy atom. The van der Waals surface area contributed by atoms with Crippen molar-refractivity contribution in [1.82, 2.24) is 4.98 Å². The number of thiazole rings is 1. The van der Waals surface area contributed by atoms with E-state index in [0.717, 1.165) is 59.7 Å². The molecule has 1 atom stereocenters. The van der Waals surface area contributed by atoms with E-state index in [0.29, 0.717) is 19.1 Å². The van der Waals surface area contributed by atoms with Crippen LogP contribution in [0.5, 0.6) is 17.4 Å². The molecule has 36 heavy (non-hydrogen) atoms. The number of aliphatic carboxylic acids is 1. The first kappa shape index (κ1) is 26.0. The highest BCUT2D eigenvalue weighted by Gasteiger charge is 2.24. The number of aryl methyl sites for hydroxylation is 2. The highest BCUT2D eigenvalue weighted by molar-refractivity contribution is 7.13. The fourth-order valence-electron chi connectivity index (χ4n) is 4.63. The summed E-state index contributed by atoms with van der Waals surface area (Å²) in [5.74, 6) is 1.81. The van der Waals surface area contributed by atoms with E-state index in [1.54, 1.807) is 11.3 Å². The summed E-state index contributed by atoms with van der Waals surface area (Å²) in [5, 5.41) is 12.0. The summed E-state index contributed by atoms with van der Waals surface area (Å²) in [7, 11) is 0. The fourth-order valence-corrected chi connectivity index (χ4v) is 5.36. The summed E-state index contributed by atoms with van der Waals surface area (Å²) in [5.41, 5.74) is 4.63. The largest absolute Gasteiger partial charge is 0.493 e. The first-order valence-electron chi connectivity index (χ1n) is 12.8. The predicted molar refractivity (Wildman–Crippen MR) is 143 cm³/mol. The van der Waals surface area contributed by atoms with Gasteiger partial charge in [-0.25, -0.2) is 4.98 Å². The second-order valence-corrected chi connectivity index (χ2v) is 10.3.